The molecular formula is C44H27N3. The number of aromatic nitrogens is 3. The van der Waals surface area contributed by atoms with E-state index < -0.39 is 0 Å². The molecule has 8 aromatic carbocycles. The largest absolute Gasteiger partial charge is 0.307 e. The van der Waals surface area contributed by atoms with Gasteiger partial charge in [-0.1, -0.05) is 133 Å². The van der Waals surface area contributed by atoms with Crippen molar-refractivity contribution < 1.29 is 0 Å². The molecule has 0 radical (unpaired) electrons. The van der Waals surface area contributed by atoms with Crippen LogP contribution in [0.4, 0.5) is 0 Å². The molecule has 2 aromatic heterocycles. The van der Waals surface area contributed by atoms with Crippen molar-refractivity contribution in [1.82, 2.24) is 14.5 Å². The number of para-hydroxylation sites is 2. The summed E-state index contributed by atoms with van der Waals surface area (Å²) in [7, 11) is 0. The van der Waals surface area contributed by atoms with E-state index in [4.69, 9.17) is 9.97 Å². The number of benzene rings is 8. The molecule has 0 saturated carbocycles. The molecular weight excluding hydrogens is 571 g/mol. The summed E-state index contributed by atoms with van der Waals surface area (Å²) >= 11 is 0. The lowest BCUT2D eigenvalue weighted by atomic mass is 9.95. The van der Waals surface area contributed by atoms with Crippen LogP contribution in [0.2, 0.25) is 0 Å². The molecule has 0 aliphatic rings. The van der Waals surface area contributed by atoms with Crippen LogP contribution in [0, 0.1) is 0 Å². The van der Waals surface area contributed by atoms with Crippen LogP contribution in [-0.4, -0.2) is 14.5 Å². The van der Waals surface area contributed by atoms with E-state index in [1.165, 1.54) is 43.1 Å². The van der Waals surface area contributed by atoms with E-state index >= 15 is 0 Å². The maximum atomic E-state index is 5.45. The Balaban J connectivity index is 1.31. The van der Waals surface area contributed by atoms with Crippen molar-refractivity contribution in [3.05, 3.63) is 164 Å². The van der Waals surface area contributed by atoms with Gasteiger partial charge in [0.05, 0.1) is 33.6 Å². The molecule has 0 saturated heterocycles. The molecule has 0 fully saturated rings. The number of fused-ring (bicyclic) bond motifs is 9. The zero-order valence-electron chi connectivity index (χ0n) is 25.4. The Hall–Kier alpha value is -6.32. The molecule has 3 nitrogen and oxygen atoms in total. The minimum absolute atomic E-state index is 0.866. The second kappa shape index (κ2) is 10.1. The molecule has 0 atom stereocenters. The van der Waals surface area contributed by atoms with Crippen LogP contribution in [0.3, 0.4) is 0 Å². The molecule has 0 N–H and O–H groups in total. The average molecular weight is 598 g/mol. The summed E-state index contributed by atoms with van der Waals surface area (Å²) in [4.78, 5) is 10.7. The fraction of sp³-hybridized carbons (Fsp3) is 0. The fourth-order valence-corrected chi connectivity index (χ4v) is 7.39. The van der Waals surface area contributed by atoms with Gasteiger partial charge in [0.25, 0.3) is 0 Å². The van der Waals surface area contributed by atoms with Gasteiger partial charge in [-0.3, -0.25) is 0 Å². The molecule has 0 aliphatic carbocycles. The Kier molecular flexibility index (Phi) is 5.57. The third kappa shape index (κ3) is 3.93. The molecule has 3 heteroatoms. The van der Waals surface area contributed by atoms with Crippen molar-refractivity contribution in [1.29, 1.82) is 0 Å². The van der Waals surface area contributed by atoms with E-state index in [0.717, 1.165) is 50.3 Å². The molecule has 218 valence electrons. The number of hydrogen-bond donors (Lipinski definition) is 0. The molecule has 0 aliphatic heterocycles. The van der Waals surface area contributed by atoms with E-state index in [9.17, 15) is 0 Å². The van der Waals surface area contributed by atoms with Crippen LogP contribution in [0.1, 0.15) is 0 Å². The zero-order chi connectivity index (χ0) is 30.9. The van der Waals surface area contributed by atoms with Gasteiger partial charge in [0.15, 0.2) is 0 Å². The van der Waals surface area contributed by atoms with E-state index in [1.807, 2.05) is 12.1 Å². The van der Waals surface area contributed by atoms with Crippen molar-refractivity contribution >= 4 is 65.2 Å². The van der Waals surface area contributed by atoms with Crippen LogP contribution in [0.15, 0.2) is 164 Å². The quantitative estimate of drug-likeness (QED) is 0.190. The summed E-state index contributed by atoms with van der Waals surface area (Å²) in [6.07, 6.45) is 0. The first-order valence-electron chi connectivity index (χ1n) is 16.0. The molecule has 0 bridgehead atoms. The Labute approximate surface area is 271 Å². The van der Waals surface area contributed by atoms with E-state index in [1.54, 1.807) is 0 Å². The molecule has 0 spiro atoms. The maximum absolute atomic E-state index is 5.45. The van der Waals surface area contributed by atoms with Gasteiger partial charge >= 0.3 is 0 Å². The van der Waals surface area contributed by atoms with Gasteiger partial charge in [-0.2, -0.15) is 0 Å². The standard InChI is InChI=1S/C44H27N3/c1-3-13-30(14-4-1)42-43(31-15-5-2-6-16-31)46-44-37(45-42)19-11-21-39(44)47-38-20-10-9-18-34(38)36-27-35-32(26-40(36)47)25-24-29-23-22-28-12-7-8-17-33(28)41(29)35/h1-27H. The van der Waals surface area contributed by atoms with Gasteiger partial charge in [-0.25, -0.2) is 9.97 Å². The summed E-state index contributed by atoms with van der Waals surface area (Å²) in [5.41, 5.74) is 8.91. The summed E-state index contributed by atoms with van der Waals surface area (Å²) in [5.74, 6) is 0. The topological polar surface area (TPSA) is 30.7 Å². The van der Waals surface area contributed by atoms with Crippen molar-refractivity contribution in [2.75, 3.05) is 0 Å². The molecule has 0 unspecified atom stereocenters. The van der Waals surface area contributed by atoms with E-state index in [0.29, 0.717) is 0 Å². The van der Waals surface area contributed by atoms with E-state index in [-0.39, 0.29) is 0 Å². The third-order valence-corrected chi connectivity index (χ3v) is 9.53. The molecule has 10 rings (SSSR count). The SMILES string of the molecule is c1ccc(-c2nc3cccc(-n4c5ccccc5c5cc6c(ccc7ccc8ccccc8c76)cc54)c3nc2-c2ccccc2)cc1. The smallest absolute Gasteiger partial charge is 0.113 e. The second-order valence-corrected chi connectivity index (χ2v) is 12.2. The summed E-state index contributed by atoms with van der Waals surface area (Å²) < 4.78 is 2.38. The van der Waals surface area contributed by atoms with Gasteiger partial charge in [0.2, 0.25) is 0 Å². The highest BCUT2D eigenvalue weighted by molar-refractivity contribution is 6.24. The van der Waals surface area contributed by atoms with Gasteiger partial charge in [-0.05, 0) is 62.6 Å². The van der Waals surface area contributed by atoms with Crippen LogP contribution < -0.4 is 0 Å². The molecule has 10 aromatic rings. The predicted molar refractivity (Wildman–Crippen MR) is 197 cm³/mol. The van der Waals surface area contributed by atoms with Crippen LogP contribution in [0.5, 0.6) is 0 Å². The molecule has 47 heavy (non-hydrogen) atoms. The molecule has 0 amide bonds. The monoisotopic (exact) mass is 597 g/mol. The van der Waals surface area contributed by atoms with Crippen LogP contribution in [0.25, 0.3) is 93.4 Å². The summed E-state index contributed by atoms with van der Waals surface area (Å²) in [6, 6.07) is 58.3. The number of rotatable bonds is 3. The van der Waals surface area contributed by atoms with Gasteiger partial charge < -0.3 is 4.57 Å². The first-order chi connectivity index (χ1) is 23.3. The lowest BCUT2D eigenvalue weighted by Gasteiger charge is -2.15. The lowest BCUT2D eigenvalue weighted by Crippen LogP contribution is -2.01. The van der Waals surface area contributed by atoms with Crippen LogP contribution >= 0.6 is 0 Å². The van der Waals surface area contributed by atoms with E-state index in [2.05, 4.69) is 156 Å². The summed E-state index contributed by atoms with van der Waals surface area (Å²) in [5, 5.41) is 10.0. The van der Waals surface area contributed by atoms with Crippen LogP contribution in [-0.2, 0) is 0 Å². The maximum Gasteiger partial charge on any atom is 0.113 e. The minimum atomic E-state index is 0.866. The number of nitrogens with zero attached hydrogens (tertiary/aromatic N) is 3. The Morgan fingerprint density at radius 1 is 0.383 bits per heavy atom. The zero-order valence-corrected chi connectivity index (χ0v) is 25.4. The van der Waals surface area contributed by atoms with Gasteiger partial charge in [-0.15, -0.1) is 0 Å². The summed E-state index contributed by atoms with van der Waals surface area (Å²) in [6.45, 7) is 0. The van der Waals surface area contributed by atoms with Gasteiger partial charge in [0, 0.05) is 21.9 Å². The Bertz CT molecular complexity index is 2830. The lowest BCUT2D eigenvalue weighted by molar-refractivity contribution is 1.17. The third-order valence-electron chi connectivity index (χ3n) is 9.53. The van der Waals surface area contributed by atoms with Crippen molar-refractivity contribution in [3.8, 4) is 28.2 Å². The molecule has 2 heterocycles. The second-order valence-electron chi connectivity index (χ2n) is 12.2. The highest BCUT2D eigenvalue weighted by Crippen LogP contribution is 2.40. The Morgan fingerprint density at radius 3 is 1.81 bits per heavy atom. The first kappa shape index (κ1) is 26.0. The highest BCUT2D eigenvalue weighted by atomic mass is 15.0. The number of hydrogen-bond acceptors (Lipinski definition) is 2. The fourth-order valence-electron chi connectivity index (χ4n) is 7.39. The average Bonchev–Trinajstić information content (AvgIpc) is 3.46. The highest BCUT2D eigenvalue weighted by Gasteiger charge is 2.19. The van der Waals surface area contributed by atoms with Crippen molar-refractivity contribution in [3.63, 3.8) is 0 Å². The predicted octanol–water partition coefficient (Wildman–Crippen LogP) is 11.5. The van der Waals surface area contributed by atoms with Gasteiger partial charge in [0.1, 0.15) is 5.52 Å². The normalized spacial score (nSPS) is 11.8. The minimum Gasteiger partial charge on any atom is -0.307 e. The van der Waals surface area contributed by atoms with Crippen molar-refractivity contribution in [2.45, 2.75) is 0 Å². The first-order valence-corrected chi connectivity index (χ1v) is 16.0. The Morgan fingerprint density at radius 2 is 1.02 bits per heavy atom. The van der Waals surface area contributed by atoms with Crippen molar-refractivity contribution in [2.24, 2.45) is 0 Å².